The lowest BCUT2D eigenvalue weighted by molar-refractivity contribution is 0.574. The topological polar surface area (TPSA) is 9.23 Å². The molecule has 0 saturated heterocycles. The molecule has 3 heteroatoms. The van der Waals surface area contributed by atoms with E-state index in [9.17, 15) is 0 Å². The molecule has 0 saturated carbocycles. The second-order valence-electron chi connectivity index (χ2n) is 4.46. The summed E-state index contributed by atoms with van der Waals surface area (Å²) >= 11 is 0. The molecule has 0 heterocycles. The normalized spacial score (nSPS) is 17.8. The van der Waals surface area contributed by atoms with Crippen LogP contribution < -0.4 is 0 Å². The van der Waals surface area contributed by atoms with Crippen LogP contribution in [0.3, 0.4) is 0 Å². The minimum atomic E-state index is -1.36. The van der Waals surface area contributed by atoms with Crippen LogP contribution in [0.4, 0.5) is 0 Å². The van der Waals surface area contributed by atoms with Crippen LogP contribution in [-0.4, -0.2) is 18.1 Å². The summed E-state index contributed by atoms with van der Waals surface area (Å²) in [5, 5.41) is 1.49. The molecule has 0 aromatic carbocycles. The molecular formula is C10H20OSi2. The van der Waals surface area contributed by atoms with Crippen molar-refractivity contribution >= 4 is 18.1 Å². The summed E-state index contributed by atoms with van der Waals surface area (Å²) in [5.74, 6) is 0. The lowest BCUT2D eigenvalue weighted by Crippen LogP contribution is -2.35. The van der Waals surface area contributed by atoms with Gasteiger partial charge in [0.05, 0.1) is 0 Å². The van der Waals surface area contributed by atoms with Crippen molar-refractivity contribution in [3.63, 3.8) is 0 Å². The summed E-state index contributed by atoms with van der Waals surface area (Å²) in [6, 6.07) is 0. The van der Waals surface area contributed by atoms with Crippen LogP contribution >= 0.6 is 0 Å². The van der Waals surface area contributed by atoms with Crippen molar-refractivity contribution in [2.24, 2.45) is 0 Å². The van der Waals surface area contributed by atoms with Gasteiger partial charge in [0, 0.05) is 0 Å². The van der Waals surface area contributed by atoms with Crippen molar-refractivity contribution in [3.8, 4) is 0 Å². The van der Waals surface area contributed by atoms with Crippen LogP contribution in [0.2, 0.25) is 18.6 Å². The smallest absolute Gasteiger partial charge is 0.178 e. The maximum atomic E-state index is 6.13. The number of allylic oxidation sites excluding steroid dienone is 4. The van der Waals surface area contributed by atoms with E-state index in [0.29, 0.717) is 0 Å². The second-order valence-corrected chi connectivity index (χ2v) is 11.1. The molecule has 0 spiro atoms. The Bertz CT molecular complexity index is 229. The maximum absolute atomic E-state index is 6.13. The summed E-state index contributed by atoms with van der Waals surface area (Å²) in [6.45, 7) is 9.20. The van der Waals surface area contributed by atoms with E-state index in [2.05, 4.69) is 45.2 Å². The van der Waals surface area contributed by atoms with Crippen molar-refractivity contribution in [2.75, 3.05) is 0 Å². The SMILES string of the molecule is CC(C)[Si](C)(C)O[SiH2]C1=CCC=C1. The Morgan fingerprint density at radius 2 is 2.15 bits per heavy atom. The van der Waals surface area contributed by atoms with E-state index >= 15 is 0 Å². The fourth-order valence-corrected chi connectivity index (χ4v) is 5.09. The van der Waals surface area contributed by atoms with Gasteiger partial charge in [-0.25, -0.2) is 0 Å². The molecular weight excluding hydrogens is 192 g/mol. The van der Waals surface area contributed by atoms with Crippen LogP contribution in [0.25, 0.3) is 0 Å². The zero-order valence-corrected chi connectivity index (χ0v) is 11.5. The molecule has 0 unspecified atom stereocenters. The summed E-state index contributed by atoms with van der Waals surface area (Å²) in [5.41, 5.74) is 0.728. The van der Waals surface area contributed by atoms with Gasteiger partial charge in [-0.3, -0.25) is 0 Å². The van der Waals surface area contributed by atoms with Gasteiger partial charge in [-0.05, 0) is 30.3 Å². The minimum Gasteiger partial charge on any atom is -0.456 e. The van der Waals surface area contributed by atoms with Gasteiger partial charge in [0.2, 0.25) is 0 Å². The monoisotopic (exact) mass is 212 g/mol. The van der Waals surface area contributed by atoms with E-state index in [1.807, 2.05) is 0 Å². The summed E-state index contributed by atoms with van der Waals surface area (Å²) in [4.78, 5) is 0. The highest BCUT2D eigenvalue weighted by molar-refractivity contribution is 6.77. The molecule has 0 aliphatic heterocycles. The van der Waals surface area contributed by atoms with Gasteiger partial charge in [-0.1, -0.05) is 32.1 Å². The van der Waals surface area contributed by atoms with Crippen LogP contribution in [0.1, 0.15) is 20.3 Å². The predicted molar refractivity (Wildman–Crippen MR) is 64.0 cm³/mol. The average Bonchev–Trinajstić information content (AvgIpc) is 2.52. The number of hydrogen-bond donors (Lipinski definition) is 0. The van der Waals surface area contributed by atoms with Crippen molar-refractivity contribution in [3.05, 3.63) is 23.4 Å². The second kappa shape index (κ2) is 4.39. The van der Waals surface area contributed by atoms with Crippen LogP contribution in [0.15, 0.2) is 23.4 Å². The Balaban J connectivity index is 2.37. The van der Waals surface area contributed by atoms with Crippen LogP contribution in [0, 0.1) is 0 Å². The predicted octanol–water partition coefficient (Wildman–Crippen LogP) is 2.55. The lowest BCUT2D eigenvalue weighted by atomic mass is 10.5. The largest absolute Gasteiger partial charge is 0.456 e. The third kappa shape index (κ3) is 3.25. The first kappa shape index (κ1) is 11.0. The first-order valence-electron chi connectivity index (χ1n) is 5.02. The molecule has 13 heavy (non-hydrogen) atoms. The Morgan fingerprint density at radius 3 is 2.62 bits per heavy atom. The Labute approximate surface area is 85.0 Å². The van der Waals surface area contributed by atoms with Gasteiger partial charge in [-0.15, -0.1) is 0 Å². The number of rotatable bonds is 4. The summed E-state index contributed by atoms with van der Waals surface area (Å²) < 4.78 is 6.13. The van der Waals surface area contributed by atoms with Crippen molar-refractivity contribution in [1.82, 2.24) is 0 Å². The average molecular weight is 212 g/mol. The molecule has 0 fully saturated rings. The highest BCUT2D eigenvalue weighted by atomic mass is 28.4. The first-order chi connectivity index (χ1) is 6.02. The highest BCUT2D eigenvalue weighted by Crippen LogP contribution is 2.22. The molecule has 1 rings (SSSR count). The van der Waals surface area contributed by atoms with Crippen molar-refractivity contribution in [1.29, 1.82) is 0 Å². The fraction of sp³-hybridized carbons (Fsp3) is 0.600. The summed E-state index contributed by atoms with van der Waals surface area (Å²) in [7, 11) is -1.78. The molecule has 0 N–H and O–H groups in total. The maximum Gasteiger partial charge on any atom is 0.178 e. The van der Waals surface area contributed by atoms with Crippen molar-refractivity contribution < 1.29 is 4.12 Å². The molecule has 0 amide bonds. The quantitative estimate of drug-likeness (QED) is 0.651. The molecule has 1 aliphatic rings. The minimum absolute atomic E-state index is 0.423. The van der Waals surface area contributed by atoms with Gasteiger partial charge in [0.15, 0.2) is 18.1 Å². The van der Waals surface area contributed by atoms with Crippen LogP contribution in [-0.2, 0) is 4.12 Å². The molecule has 1 nitrogen and oxygen atoms in total. The standard InChI is InChI=1S/C10H20OSi2/c1-9(2)13(3,4)11-12-10-7-5-6-8-10/h5,7-9H,6,12H2,1-4H3. The first-order valence-corrected chi connectivity index (χ1v) is 9.29. The number of hydrogen-bond acceptors (Lipinski definition) is 1. The van der Waals surface area contributed by atoms with Crippen molar-refractivity contribution in [2.45, 2.75) is 38.9 Å². The highest BCUT2D eigenvalue weighted by Gasteiger charge is 2.26. The Kier molecular flexibility index (Phi) is 3.70. The molecule has 0 radical (unpaired) electrons. The Hall–Kier alpha value is -0.126. The van der Waals surface area contributed by atoms with E-state index in [0.717, 1.165) is 12.0 Å². The molecule has 0 aromatic heterocycles. The van der Waals surface area contributed by atoms with Gasteiger partial charge in [0.1, 0.15) is 0 Å². The zero-order valence-electron chi connectivity index (χ0n) is 9.13. The fourth-order valence-electron chi connectivity index (χ4n) is 1.05. The summed E-state index contributed by atoms with van der Waals surface area (Å²) in [6.07, 6.45) is 7.87. The van der Waals surface area contributed by atoms with Gasteiger partial charge in [0.25, 0.3) is 0 Å². The van der Waals surface area contributed by atoms with E-state index in [4.69, 9.17) is 4.12 Å². The van der Waals surface area contributed by atoms with E-state index in [-0.39, 0.29) is 0 Å². The lowest BCUT2D eigenvalue weighted by Gasteiger charge is -2.27. The molecule has 0 atom stereocenters. The zero-order chi connectivity index (χ0) is 9.90. The molecule has 0 bridgehead atoms. The third-order valence-electron chi connectivity index (χ3n) is 2.85. The van der Waals surface area contributed by atoms with Gasteiger partial charge in [-0.2, -0.15) is 0 Å². The molecule has 0 aromatic rings. The van der Waals surface area contributed by atoms with E-state index < -0.39 is 18.1 Å². The van der Waals surface area contributed by atoms with E-state index in [1.165, 1.54) is 5.20 Å². The third-order valence-corrected chi connectivity index (χ3v) is 10.0. The molecule has 74 valence electrons. The van der Waals surface area contributed by atoms with E-state index in [1.54, 1.807) is 0 Å². The van der Waals surface area contributed by atoms with Gasteiger partial charge < -0.3 is 4.12 Å². The van der Waals surface area contributed by atoms with Crippen LogP contribution in [0.5, 0.6) is 0 Å². The molecule has 1 aliphatic carbocycles. The van der Waals surface area contributed by atoms with Gasteiger partial charge >= 0.3 is 0 Å². The Morgan fingerprint density at radius 1 is 1.46 bits per heavy atom.